The van der Waals surface area contributed by atoms with Crippen molar-refractivity contribution in [3.05, 3.63) is 26.6 Å². The average molecular weight is 326 g/mol. The lowest BCUT2D eigenvalue weighted by Crippen LogP contribution is -1.72. The quantitative estimate of drug-likeness (QED) is 0.781. The molecule has 1 N–H and O–H groups in total. The fourth-order valence-corrected chi connectivity index (χ4v) is 2.94. The maximum Gasteiger partial charge on any atom is 0.272 e. The van der Waals surface area contributed by atoms with Crippen LogP contribution >= 0.6 is 33.9 Å². The highest BCUT2D eigenvalue weighted by Crippen LogP contribution is 2.38. The number of alkyl halides is 2. The third-order valence-corrected chi connectivity index (χ3v) is 4.29. The fraction of sp³-hybridized carbons (Fsp3) is 0.111. The van der Waals surface area contributed by atoms with Crippen LogP contribution in [0.1, 0.15) is 11.3 Å². The molecule has 14 heavy (non-hydrogen) atoms. The molecule has 2 rings (SSSR count). The number of aromatic hydroxyl groups is 1. The molecule has 0 aliphatic heterocycles. The van der Waals surface area contributed by atoms with E-state index in [0.29, 0.717) is 5.39 Å². The van der Waals surface area contributed by atoms with Crippen molar-refractivity contribution in [1.82, 2.24) is 0 Å². The van der Waals surface area contributed by atoms with E-state index in [4.69, 9.17) is 0 Å². The Morgan fingerprint density at radius 2 is 2.07 bits per heavy atom. The fourth-order valence-electron chi connectivity index (χ4n) is 1.20. The van der Waals surface area contributed by atoms with E-state index in [0.717, 1.165) is 19.6 Å². The van der Waals surface area contributed by atoms with E-state index in [2.05, 4.69) is 22.6 Å². The van der Waals surface area contributed by atoms with Crippen molar-refractivity contribution in [2.24, 2.45) is 0 Å². The zero-order valence-corrected chi connectivity index (χ0v) is 9.77. The van der Waals surface area contributed by atoms with Crippen molar-refractivity contribution in [3.8, 4) is 5.75 Å². The van der Waals surface area contributed by atoms with Gasteiger partial charge in [-0.15, -0.1) is 11.3 Å². The predicted octanol–water partition coefficient (Wildman–Crippen LogP) is 4.15. The molecule has 0 unspecified atom stereocenters. The van der Waals surface area contributed by atoms with Gasteiger partial charge in [0.25, 0.3) is 6.43 Å². The molecule has 0 aliphatic carbocycles. The number of fused-ring (bicyclic) bond motifs is 1. The Morgan fingerprint density at radius 1 is 1.36 bits per heavy atom. The average Bonchev–Trinajstić information content (AvgIpc) is 2.57. The molecule has 0 saturated carbocycles. The largest absolute Gasteiger partial charge is 0.507 e. The van der Waals surface area contributed by atoms with Crippen LogP contribution < -0.4 is 0 Å². The Labute approximate surface area is 96.5 Å². The van der Waals surface area contributed by atoms with Crippen LogP contribution in [0.25, 0.3) is 10.1 Å². The van der Waals surface area contributed by atoms with Crippen LogP contribution in [0, 0.1) is 3.57 Å². The SMILES string of the molecule is Oc1ccc(I)c2sc(C(F)F)cc12. The maximum absolute atomic E-state index is 12.4. The van der Waals surface area contributed by atoms with E-state index in [1.807, 2.05) is 0 Å². The van der Waals surface area contributed by atoms with Gasteiger partial charge in [0.1, 0.15) is 5.75 Å². The topological polar surface area (TPSA) is 20.2 Å². The van der Waals surface area contributed by atoms with E-state index in [1.54, 1.807) is 6.07 Å². The maximum atomic E-state index is 12.4. The first kappa shape index (κ1) is 10.1. The summed E-state index contributed by atoms with van der Waals surface area (Å²) in [6.45, 7) is 0. The summed E-state index contributed by atoms with van der Waals surface area (Å²) in [6, 6.07) is 4.58. The van der Waals surface area contributed by atoms with Gasteiger partial charge < -0.3 is 5.11 Å². The number of hydrogen-bond donors (Lipinski definition) is 1. The second kappa shape index (κ2) is 3.62. The standard InChI is InChI=1S/C9H5F2IOS/c10-9(11)7-3-4-6(13)2-1-5(12)8(4)14-7/h1-3,9,13H. The number of phenolic OH excluding ortho intramolecular Hbond substituents is 1. The highest BCUT2D eigenvalue weighted by molar-refractivity contribution is 14.1. The Balaban J connectivity index is 2.75. The second-order valence-corrected chi connectivity index (χ2v) is 5.00. The van der Waals surface area contributed by atoms with Gasteiger partial charge in [-0.1, -0.05) is 0 Å². The van der Waals surface area contributed by atoms with E-state index >= 15 is 0 Å². The lowest BCUT2D eigenvalue weighted by molar-refractivity contribution is 0.156. The molecule has 0 atom stereocenters. The van der Waals surface area contributed by atoms with Crippen molar-refractivity contribution in [3.63, 3.8) is 0 Å². The minimum absolute atomic E-state index is 0.000541. The lowest BCUT2D eigenvalue weighted by atomic mass is 10.2. The summed E-state index contributed by atoms with van der Waals surface area (Å²) in [5.74, 6) is 0.0589. The van der Waals surface area contributed by atoms with Gasteiger partial charge in [-0.2, -0.15) is 0 Å². The van der Waals surface area contributed by atoms with Crippen molar-refractivity contribution in [1.29, 1.82) is 0 Å². The van der Waals surface area contributed by atoms with Gasteiger partial charge >= 0.3 is 0 Å². The van der Waals surface area contributed by atoms with Gasteiger partial charge in [0, 0.05) is 8.96 Å². The van der Waals surface area contributed by atoms with Crippen molar-refractivity contribution >= 4 is 44.0 Å². The summed E-state index contributed by atoms with van der Waals surface area (Å²) in [5.41, 5.74) is 0. The van der Waals surface area contributed by atoms with Gasteiger partial charge in [-0.3, -0.25) is 0 Å². The van der Waals surface area contributed by atoms with Gasteiger partial charge in [-0.05, 0) is 40.8 Å². The summed E-state index contributed by atoms with van der Waals surface area (Å²) in [5, 5.41) is 9.96. The van der Waals surface area contributed by atoms with Crippen LogP contribution in [0.2, 0.25) is 0 Å². The highest BCUT2D eigenvalue weighted by atomic mass is 127. The molecular weight excluding hydrogens is 321 g/mol. The molecule has 0 radical (unpaired) electrons. The molecule has 1 aromatic heterocycles. The monoisotopic (exact) mass is 326 g/mol. The van der Waals surface area contributed by atoms with Crippen molar-refractivity contribution in [2.45, 2.75) is 6.43 Å². The normalized spacial score (nSPS) is 11.4. The molecule has 0 amide bonds. The Bertz CT molecular complexity index is 442. The van der Waals surface area contributed by atoms with Crippen LogP contribution in [0.3, 0.4) is 0 Å². The van der Waals surface area contributed by atoms with Crippen LogP contribution in [-0.2, 0) is 0 Å². The molecule has 1 heterocycles. The number of halogens is 3. The third kappa shape index (κ3) is 1.58. The zero-order chi connectivity index (χ0) is 10.3. The van der Waals surface area contributed by atoms with Crippen LogP contribution in [-0.4, -0.2) is 5.11 Å². The van der Waals surface area contributed by atoms with Gasteiger partial charge in [0.15, 0.2) is 0 Å². The van der Waals surface area contributed by atoms with E-state index in [1.165, 1.54) is 12.1 Å². The molecule has 0 bridgehead atoms. The van der Waals surface area contributed by atoms with Crippen molar-refractivity contribution in [2.75, 3.05) is 0 Å². The zero-order valence-electron chi connectivity index (χ0n) is 6.80. The molecule has 1 nitrogen and oxygen atoms in total. The summed E-state index contributed by atoms with van der Waals surface area (Å²) in [4.78, 5) is -0.000541. The Morgan fingerprint density at radius 3 is 2.64 bits per heavy atom. The highest BCUT2D eigenvalue weighted by Gasteiger charge is 2.14. The Kier molecular flexibility index (Phi) is 2.61. The van der Waals surface area contributed by atoms with Crippen molar-refractivity contribution < 1.29 is 13.9 Å². The molecule has 5 heteroatoms. The number of phenols is 1. The molecule has 0 saturated heterocycles. The molecule has 0 fully saturated rings. The minimum atomic E-state index is -2.47. The first-order valence-electron chi connectivity index (χ1n) is 3.78. The van der Waals surface area contributed by atoms with Crippen LogP contribution in [0.4, 0.5) is 8.78 Å². The summed E-state index contributed by atoms with van der Waals surface area (Å²) in [6.07, 6.45) is -2.47. The van der Waals surface area contributed by atoms with Crippen LogP contribution in [0.5, 0.6) is 5.75 Å². The minimum Gasteiger partial charge on any atom is -0.507 e. The summed E-state index contributed by atoms with van der Waals surface area (Å²) >= 11 is 3.09. The first-order valence-corrected chi connectivity index (χ1v) is 5.68. The number of hydrogen-bond acceptors (Lipinski definition) is 2. The smallest absolute Gasteiger partial charge is 0.272 e. The summed E-state index contributed by atoms with van der Waals surface area (Å²) in [7, 11) is 0. The van der Waals surface area contributed by atoms with E-state index in [-0.39, 0.29) is 10.6 Å². The van der Waals surface area contributed by atoms with Gasteiger partial charge in [0.2, 0.25) is 0 Å². The molecule has 0 aliphatic rings. The summed E-state index contributed by atoms with van der Waals surface area (Å²) < 4.78 is 26.4. The van der Waals surface area contributed by atoms with Gasteiger partial charge in [0.05, 0.1) is 9.58 Å². The van der Waals surface area contributed by atoms with Crippen LogP contribution in [0.15, 0.2) is 18.2 Å². The van der Waals surface area contributed by atoms with Gasteiger partial charge in [-0.25, -0.2) is 8.78 Å². The van der Waals surface area contributed by atoms with E-state index < -0.39 is 6.43 Å². The first-order chi connectivity index (χ1) is 6.59. The molecule has 1 aromatic carbocycles. The Hall–Kier alpha value is -0.430. The third-order valence-electron chi connectivity index (χ3n) is 1.85. The molecular formula is C9H5F2IOS. The number of benzene rings is 1. The predicted molar refractivity (Wildman–Crippen MR) is 61.2 cm³/mol. The lowest BCUT2D eigenvalue weighted by Gasteiger charge is -1.95. The molecule has 0 spiro atoms. The number of rotatable bonds is 1. The van der Waals surface area contributed by atoms with E-state index in [9.17, 15) is 13.9 Å². The molecule has 74 valence electrons. The molecule has 2 aromatic rings. The second-order valence-electron chi connectivity index (χ2n) is 2.76. The number of thiophene rings is 1.